The van der Waals surface area contributed by atoms with E-state index in [4.69, 9.17) is 0 Å². The molecule has 2 aromatic heterocycles. The molecule has 1 aliphatic rings. The Bertz CT molecular complexity index is 1180. The van der Waals surface area contributed by atoms with Crippen LogP contribution in [0.4, 0.5) is 5.69 Å². The quantitative estimate of drug-likeness (QED) is 0.584. The first-order valence-electron chi connectivity index (χ1n) is 8.74. The lowest BCUT2D eigenvalue weighted by molar-refractivity contribution is 0.0642. The number of amides is 2. The summed E-state index contributed by atoms with van der Waals surface area (Å²) in [6.07, 6.45) is 1.46. The van der Waals surface area contributed by atoms with Crippen molar-refractivity contribution in [3.8, 4) is 0 Å². The number of rotatable bonds is 5. The SMILES string of the molecule is Cc1ccc(N(C)S(=O)(=O)c2ccc(CN3C(=O)c4cccnc4C3=O)s2)cc1. The molecule has 0 unspecified atom stereocenters. The normalized spacial score (nSPS) is 13.7. The Kier molecular flexibility index (Phi) is 4.71. The molecule has 1 aliphatic heterocycles. The molecule has 0 saturated heterocycles. The third kappa shape index (κ3) is 3.32. The first-order valence-corrected chi connectivity index (χ1v) is 11.0. The Labute approximate surface area is 172 Å². The van der Waals surface area contributed by atoms with E-state index in [-0.39, 0.29) is 22.0 Å². The molecule has 0 bridgehead atoms. The van der Waals surface area contributed by atoms with Crippen LogP contribution in [0.1, 0.15) is 31.3 Å². The van der Waals surface area contributed by atoms with Gasteiger partial charge in [-0.05, 0) is 43.3 Å². The van der Waals surface area contributed by atoms with Crippen molar-refractivity contribution in [1.29, 1.82) is 0 Å². The van der Waals surface area contributed by atoms with Gasteiger partial charge >= 0.3 is 0 Å². The Hall–Kier alpha value is -3.04. The number of thiophene rings is 1. The van der Waals surface area contributed by atoms with Crippen LogP contribution in [0.25, 0.3) is 0 Å². The molecule has 7 nitrogen and oxygen atoms in total. The summed E-state index contributed by atoms with van der Waals surface area (Å²) in [6.45, 7) is 1.93. The highest BCUT2D eigenvalue weighted by Gasteiger charge is 2.37. The molecule has 29 heavy (non-hydrogen) atoms. The monoisotopic (exact) mass is 427 g/mol. The van der Waals surface area contributed by atoms with Crippen molar-refractivity contribution in [3.05, 3.63) is 76.4 Å². The van der Waals surface area contributed by atoms with Gasteiger partial charge in [-0.15, -0.1) is 11.3 Å². The Balaban J connectivity index is 1.56. The number of anilines is 1. The predicted octanol–water partition coefficient (Wildman–Crippen LogP) is 3.07. The number of benzene rings is 1. The molecule has 148 valence electrons. The summed E-state index contributed by atoms with van der Waals surface area (Å²) in [4.78, 5) is 30.6. The molecule has 1 aromatic carbocycles. The van der Waals surface area contributed by atoms with Crippen LogP contribution in [-0.2, 0) is 16.6 Å². The second-order valence-electron chi connectivity index (χ2n) is 6.62. The zero-order valence-corrected chi connectivity index (χ0v) is 17.3. The maximum Gasteiger partial charge on any atom is 0.280 e. The standard InChI is InChI=1S/C20H17N3O4S2/c1-13-5-7-14(8-6-13)22(2)29(26,27)17-10-9-15(28-17)12-23-19(24)16-4-3-11-21-18(16)20(23)25/h3-11H,12H2,1-2H3. The van der Waals surface area contributed by atoms with Crippen molar-refractivity contribution in [2.75, 3.05) is 11.4 Å². The number of imide groups is 1. The van der Waals surface area contributed by atoms with Crippen LogP contribution < -0.4 is 4.31 Å². The summed E-state index contributed by atoms with van der Waals surface area (Å²) in [6, 6.07) is 13.5. The minimum absolute atomic E-state index is 0.00244. The highest BCUT2D eigenvalue weighted by molar-refractivity contribution is 7.94. The van der Waals surface area contributed by atoms with Gasteiger partial charge < -0.3 is 0 Å². The van der Waals surface area contributed by atoms with Crippen molar-refractivity contribution in [1.82, 2.24) is 9.88 Å². The Morgan fingerprint density at radius 3 is 2.45 bits per heavy atom. The summed E-state index contributed by atoms with van der Waals surface area (Å²) >= 11 is 1.04. The number of sulfonamides is 1. The lowest BCUT2D eigenvalue weighted by atomic mass is 10.2. The molecule has 0 fully saturated rings. The van der Waals surface area contributed by atoms with E-state index >= 15 is 0 Å². The molecule has 3 aromatic rings. The molecule has 0 saturated carbocycles. The van der Waals surface area contributed by atoms with Crippen molar-refractivity contribution < 1.29 is 18.0 Å². The third-order valence-electron chi connectivity index (χ3n) is 4.69. The molecule has 0 N–H and O–H groups in total. The average Bonchev–Trinajstić information content (AvgIpc) is 3.28. The van der Waals surface area contributed by atoms with Gasteiger partial charge in [0.2, 0.25) is 0 Å². The number of aryl methyl sites for hydroxylation is 1. The second-order valence-corrected chi connectivity index (χ2v) is 9.99. The van der Waals surface area contributed by atoms with E-state index in [1.807, 2.05) is 19.1 Å². The molecular weight excluding hydrogens is 410 g/mol. The maximum atomic E-state index is 13.0. The summed E-state index contributed by atoms with van der Waals surface area (Å²) in [5.74, 6) is -0.895. The van der Waals surface area contributed by atoms with Gasteiger partial charge in [0.25, 0.3) is 21.8 Å². The molecule has 9 heteroatoms. The van der Waals surface area contributed by atoms with E-state index in [0.717, 1.165) is 21.8 Å². The van der Waals surface area contributed by atoms with Gasteiger partial charge in [0.05, 0.1) is 17.8 Å². The van der Waals surface area contributed by atoms with Gasteiger partial charge in [0.15, 0.2) is 0 Å². The zero-order chi connectivity index (χ0) is 20.8. The summed E-state index contributed by atoms with van der Waals surface area (Å²) in [5.41, 5.74) is 1.98. The lowest BCUT2D eigenvalue weighted by Gasteiger charge is -2.18. The van der Waals surface area contributed by atoms with Crippen LogP contribution in [0.5, 0.6) is 0 Å². The van der Waals surface area contributed by atoms with Gasteiger partial charge in [0, 0.05) is 18.1 Å². The fourth-order valence-corrected chi connectivity index (χ4v) is 5.73. The molecule has 2 amide bonds. The third-order valence-corrected chi connectivity index (χ3v) is 8.02. The molecule has 0 atom stereocenters. The highest BCUT2D eigenvalue weighted by Crippen LogP contribution is 2.30. The fraction of sp³-hybridized carbons (Fsp3) is 0.150. The Morgan fingerprint density at radius 2 is 1.76 bits per heavy atom. The van der Waals surface area contributed by atoms with E-state index in [2.05, 4.69) is 4.98 Å². The van der Waals surface area contributed by atoms with Crippen molar-refractivity contribution in [2.24, 2.45) is 0 Å². The topological polar surface area (TPSA) is 87.7 Å². The van der Waals surface area contributed by atoms with E-state index < -0.39 is 21.8 Å². The highest BCUT2D eigenvalue weighted by atomic mass is 32.2. The van der Waals surface area contributed by atoms with Gasteiger partial charge in [-0.25, -0.2) is 8.42 Å². The maximum absolute atomic E-state index is 13.0. The van der Waals surface area contributed by atoms with Gasteiger partial charge in [-0.3, -0.25) is 23.8 Å². The van der Waals surface area contributed by atoms with Crippen LogP contribution >= 0.6 is 11.3 Å². The fourth-order valence-electron chi connectivity index (χ4n) is 3.02. The molecule has 0 radical (unpaired) electrons. The van der Waals surface area contributed by atoms with E-state index in [9.17, 15) is 18.0 Å². The first kappa shape index (κ1) is 19.3. The number of carbonyl (C=O) groups is 2. The number of hydrogen-bond acceptors (Lipinski definition) is 6. The van der Waals surface area contributed by atoms with E-state index in [1.54, 1.807) is 30.3 Å². The largest absolute Gasteiger partial charge is 0.280 e. The number of pyridine rings is 1. The molecule has 0 spiro atoms. The predicted molar refractivity (Wildman–Crippen MR) is 110 cm³/mol. The summed E-state index contributed by atoms with van der Waals surface area (Å²) < 4.78 is 27.3. The summed E-state index contributed by atoms with van der Waals surface area (Å²) in [7, 11) is -2.25. The average molecular weight is 428 g/mol. The molecular formula is C20H17N3O4S2. The van der Waals surface area contributed by atoms with Crippen LogP contribution in [0.3, 0.4) is 0 Å². The van der Waals surface area contributed by atoms with Crippen LogP contribution in [0, 0.1) is 6.92 Å². The van der Waals surface area contributed by atoms with Crippen LogP contribution in [-0.4, -0.2) is 37.2 Å². The number of nitrogens with zero attached hydrogens (tertiary/aromatic N) is 3. The van der Waals surface area contributed by atoms with Gasteiger partial charge in [-0.1, -0.05) is 17.7 Å². The van der Waals surface area contributed by atoms with Gasteiger partial charge in [-0.2, -0.15) is 0 Å². The van der Waals surface area contributed by atoms with E-state index in [0.29, 0.717) is 10.6 Å². The van der Waals surface area contributed by atoms with Crippen molar-refractivity contribution >= 4 is 38.9 Å². The minimum atomic E-state index is -3.75. The second kappa shape index (κ2) is 7.09. The number of hydrogen-bond donors (Lipinski definition) is 0. The first-order chi connectivity index (χ1) is 13.8. The minimum Gasteiger partial charge on any atom is -0.269 e. The zero-order valence-electron chi connectivity index (χ0n) is 15.7. The van der Waals surface area contributed by atoms with Crippen LogP contribution in [0.2, 0.25) is 0 Å². The number of carbonyl (C=O) groups excluding carboxylic acids is 2. The smallest absolute Gasteiger partial charge is 0.269 e. The Morgan fingerprint density at radius 1 is 1.03 bits per heavy atom. The van der Waals surface area contributed by atoms with Crippen LogP contribution in [0.15, 0.2) is 58.9 Å². The summed E-state index contributed by atoms with van der Waals surface area (Å²) in [5, 5.41) is 0. The number of aromatic nitrogens is 1. The van der Waals surface area contributed by atoms with Crippen molar-refractivity contribution in [2.45, 2.75) is 17.7 Å². The number of fused-ring (bicyclic) bond motifs is 1. The van der Waals surface area contributed by atoms with Gasteiger partial charge in [0.1, 0.15) is 9.90 Å². The van der Waals surface area contributed by atoms with E-state index in [1.165, 1.54) is 23.6 Å². The molecule has 4 rings (SSSR count). The lowest BCUT2D eigenvalue weighted by Crippen LogP contribution is -2.28. The molecule has 3 heterocycles. The van der Waals surface area contributed by atoms with Crippen molar-refractivity contribution in [3.63, 3.8) is 0 Å². The molecule has 0 aliphatic carbocycles.